The quantitative estimate of drug-likeness (QED) is 0.539. The Kier molecular flexibility index (Phi) is 2.76. The number of aromatic nitrogens is 3. The molecule has 0 aromatic carbocycles. The fraction of sp³-hybridized carbons (Fsp3) is 0.667. The van der Waals surface area contributed by atoms with Gasteiger partial charge in [0.05, 0.1) is 0 Å². The van der Waals surface area contributed by atoms with Crippen molar-refractivity contribution in [2.75, 3.05) is 11.6 Å². The van der Waals surface area contributed by atoms with Crippen molar-refractivity contribution in [1.29, 1.82) is 0 Å². The summed E-state index contributed by atoms with van der Waals surface area (Å²) in [4.78, 5) is 0. The summed E-state index contributed by atoms with van der Waals surface area (Å²) in [6.45, 7) is 4.31. The molecule has 1 rings (SSSR count). The lowest BCUT2D eigenvalue weighted by atomic mass is 10.3. The molecule has 4 nitrogen and oxygen atoms in total. The largest absolute Gasteiger partial charge is 0.336 e. The van der Waals surface area contributed by atoms with Crippen LogP contribution in [-0.4, -0.2) is 20.6 Å². The third-order valence-corrected chi connectivity index (χ3v) is 2.47. The molecule has 0 aliphatic heterocycles. The van der Waals surface area contributed by atoms with Gasteiger partial charge >= 0.3 is 0 Å². The molecule has 0 fully saturated rings. The van der Waals surface area contributed by atoms with Crippen LogP contribution in [0.4, 0.5) is 0 Å². The maximum Gasteiger partial charge on any atom is 0.209 e. The minimum atomic E-state index is 0.650. The minimum Gasteiger partial charge on any atom is -0.336 e. The summed E-state index contributed by atoms with van der Waals surface area (Å²) in [6.07, 6.45) is 1.50. The first-order chi connectivity index (χ1) is 5.20. The van der Waals surface area contributed by atoms with Gasteiger partial charge in [0.2, 0.25) is 5.16 Å². The number of nitrogen functional groups attached to an aromatic ring is 1. The summed E-state index contributed by atoms with van der Waals surface area (Å²) in [5.74, 6) is 7.17. The van der Waals surface area contributed by atoms with Crippen LogP contribution < -0.4 is 5.84 Å². The predicted molar refractivity (Wildman–Crippen MR) is 45.7 cm³/mol. The highest BCUT2D eigenvalue weighted by molar-refractivity contribution is 7.99. The molecular weight excluding hydrogens is 160 g/mol. The van der Waals surface area contributed by atoms with Crippen LogP contribution in [0.1, 0.15) is 13.8 Å². The summed E-state index contributed by atoms with van der Waals surface area (Å²) >= 11 is 1.63. The minimum absolute atomic E-state index is 0.650. The van der Waals surface area contributed by atoms with Gasteiger partial charge in [-0.1, -0.05) is 25.6 Å². The molecule has 5 heteroatoms. The van der Waals surface area contributed by atoms with E-state index < -0.39 is 0 Å². The van der Waals surface area contributed by atoms with Gasteiger partial charge in [0.1, 0.15) is 6.33 Å². The van der Waals surface area contributed by atoms with E-state index in [0.29, 0.717) is 5.92 Å². The number of nitrogens with zero attached hydrogens (tertiary/aromatic N) is 3. The van der Waals surface area contributed by atoms with Crippen LogP contribution in [0.3, 0.4) is 0 Å². The zero-order chi connectivity index (χ0) is 8.27. The van der Waals surface area contributed by atoms with Crippen LogP contribution in [-0.2, 0) is 0 Å². The fourth-order valence-corrected chi connectivity index (χ4v) is 1.36. The summed E-state index contributed by atoms with van der Waals surface area (Å²) in [7, 11) is 0. The third kappa shape index (κ3) is 2.42. The van der Waals surface area contributed by atoms with Crippen molar-refractivity contribution in [3.05, 3.63) is 6.33 Å². The van der Waals surface area contributed by atoms with Gasteiger partial charge in [-0.3, -0.25) is 0 Å². The van der Waals surface area contributed by atoms with Crippen LogP contribution in [0.25, 0.3) is 0 Å². The molecule has 2 N–H and O–H groups in total. The average molecular weight is 172 g/mol. The Bertz CT molecular complexity index is 220. The lowest BCUT2D eigenvalue weighted by Crippen LogP contribution is -2.08. The average Bonchev–Trinajstić information content (AvgIpc) is 2.31. The Morgan fingerprint density at radius 1 is 1.73 bits per heavy atom. The number of thioether (sulfide) groups is 1. The Morgan fingerprint density at radius 3 is 2.91 bits per heavy atom. The first-order valence-corrected chi connectivity index (χ1v) is 4.46. The smallest absolute Gasteiger partial charge is 0.209 e. The summed E-state index contributed by atoms with van der Waals surface area (Å²) in [6, 6.07) is 0. The Morgan fingerprint density at radius 2 is 2.45 bits per heavy atom. The first-order valence-electron chi connectivity index (χ1n) is 3.48. The number of hydrogen-bond acceptors (Lipinski definition) is 4. The highest BCUT2D eigenvalue weighted by Gasteiger charge is 2.02. The molecule has 62 valence electrons. The lowest BCUT2D eigenvalue weighted by molar-refractivity contribution is 0.744. The molecule has 0 unspecified atom stereocenters. The SMILES string of the molecule is CC(C)CSc1nncn1N. The summed E-state index contributed by atoms with van der Waals surface area (Å²) < 4.78 is 1.44. The third-order valence-electron chi connectivity index (χ3n) is 1.09. The van der Waals surface area contributed by atoms with Crippen molar-refractivity contribution in [3.8, 4) is 0 Å². The van der Waals surface area contributed by atoms with Crippen LogP contribution in [0.5, 0.6) is 0 Å². The van der Waals surface area contributed by atoms with Crippen LogP contribution in [0, 0.1) is 5.92 Å². The van der Waals surface area contributed by atoms with E-state index in [0.717, 1.165) is 10.9 Å². The molecule has 0 amide bonds. The molecule has 0 bridgehead atoms. The van der Waals surface area contributed by atoms with Crippen LogP contribution in [0.15, 0.2) is 11.5 Å². The maximum absolute atomic E-state index is 5.50. The van der Waals surface area contributed by atoms with Crippen molar-refractivity contribution < 1.29 is 0 Å². The van der Waals surface area contributed by atoms with E-state index in [2.05, 4.69) is 24.0 Å². The molecule has 0 saturated heterocycles. The maximum atomic E-state index is 5.50. The van der Waals surface area contributed by atoms with E-state index >= 15 is 0 Å². The fourth-order valence-electron chi connectivity index (χ4n) is 0.576. The normalized spacial score (nSPS) is 10.8. The monoisotopic (exact) mass is 172 g/mol. The highest BCUT2D eigenvalue weighted by Crippen LogP contribution is 2.15. The summed E-state index contributed by atoms with van der Waals surface area (Å²) in [5.41, 5.74) is 0. The van der Waals surface area contributed by atoms with Gasteiger partial charge < -0.3 is 5.84 Å². The second-order valence-corrected chi connectivity index (χ2v) is 3.71. The van der Waals surface area contributed by atoms with Gasteiger partial charge in [-0.25, -0.2) is 4.68 Å². The van der Waals surface area contributed by atoms with E-state index in [1.54, 1.807) is 11.8 Å². The molecule has 0 aliphatic carbocycles. The van der Waals surface area contributed by atoms with Gasteiger partial charge in [-0.15, -0.1) is 10.2 Å². The topological polar surface area (TPSA) is 56.7 Å². The van der Waals surface area contributed by atoms with Gasteiger partial charge in [-0.2, -0.15) is 0 Å². The Balaban J connectivity index is 2.44. The lowest BCUT2D eigenvalue weighted by Gasteiger charge is -2.01. The first kappa shape index (κ1) is 8.39. The summed E-state index contributed by atoms with van der Waals surface area (Å²) in [5, 5.41) is 8.28. The molecule has 0 aliphatic rings. The van der Waals surface area contributed by atoms with Crippen molar-refractivity contribution in [2.45, 2.75) is 19.0 Å². The van der Waals surface area contributed by atoms with Crippen LogP contribution in [0.2, 0.25) is 0 Å². The molecule has 0 atom stereocenters. The molecular formula is C6H12N4S. The van der Waals surface area contributed by atoms with Gasteiger partial charge in [0.15, 0.2) is 0 Å². The van der Waals surface area contributed by atoms with Gasteiger partial charge in [-0.05, 0) is 5.92 Å². The Hall–Kier alpha value is -0.710. The van der Waals surface area contributed by atoms with E-state index in [-0.39, 0.29) is 0 Å². The van der Waals surface area contributed by atoms with Crippen molar-refractivity contribution in [1.82, 2.24) is 14.9 Å². The van der Waals surface area contributed by atoms with E-state index in [4.69, 9.17) is 5.84 Å². The molecule has 1 aromatic heterocycles. The van der Waals surface area contributed by atoms with Crippen molar-refractivity contribution in [3.63, 3.8) is 0 Å². The molecule has 1 aromatic rings. The van der Waals surface area contributed by atoms with Crippen LogP contribution >= 0.6 is 11.8 Å². The second-order valence-electron chi connectivity index (χ2n) is 2.73. The second kappa shape index (κ2) is 3.61. The molecule has 11 heavy (non-hydrogen) atoms. The van der Waals surface area contributed by atoms with E-state index in [9.17, 15) is 0 Å². The van der Waals surface area contributed by atoms with Gasteiger partial charge in [0.25, 0.3) is 0 Å². The highest BCUT2D eigenvalue weighted by atomic mass is 32.2. The molecule has 0 spiro atoms. The number of hydrogen-bond donors (Lipinski definition) is 1. The standard InChI is InChI=1S/C6H12N4S/c1-5(2)3-11-6-9-8-4-10(6)7/h4-5H,3,7H2,1-2H3. The van der Waals surface area contributed by atoms with E-state index in [1.807, 2.05) is 0 Å². The van der Waals surface area contributed by atoms with Gasteiger partial charge in [0, 0.05) is 5.75 Å². The molecule has 1 heterocycles. The predicted octanol–water partition coefficient (Wildman–Crippen LogP) is 0.740. The molecule has 0 radical (unpaired) electrons. The molecule has 0 saturated carbocycles. The van der Waals surface area contributed by atoms with Crippen molar-refractivity contribution in [2.24, 2.45) is 5.92 Å². The Labute approximate surface area is 70.2 Å². The zero-order valence-corrected chi connectivity index (χ0v) is 7.51. The zero-order valence-electron chi connectivity index (χ0n) is 6.69. The van der Waals surface area contributed by atoms with Crippen molar-refractivity contribution >= 4 is 11.8 Å². The number of nitrogens with two attached hydrogens (primary N) is 1. The number of rotatable bonds is 3. The van der Waals surface area contributed by atoms with E-state index in [1.165, 1.54) is 11.0 Å².